The van der Waals surface area contributed by atoms with Crippen LogP contribution in [-0.4, -0.2) is 24.3 Å². The highest BCUT2D eigenvalue weighted by molar-refractivity contribution is 4.88. The number of hydrogen-bond donors (Lipinski definition) is 2. The van der Waals surface area contributed by atoms with Gasteiger partial charge in [-0.05, 0) is 37.5 Å². The lowest BCUT2D eigenvalue weighted by Gasteiger charge is -2.40. The molecule has 18 heavy (non-hydrogen) atoms. The molecule has 1 unspecified atom stereocenters. The van der Waals surface area contributed by atoms with Crippen LogP contribution in [0.4, 0.5) is 0 Å². The third-order valence-corrected chi connectivity index (χ3v) is 5.22. The van der Waals surface area contributed by atoms with Crippen LogP contribution in [0.2, 0.25) is 0 Å². The molecule has 0 radical (unpaired) electrons. The van der Waals surface area contributed by atoms with E-state index < -0.39 is 0 Å². The molecule has 0 saturated heterocycles. The minimum atomic E-state index is 0.194. The Balaban J connectivity index is 1.82. The predicted octanol–water partition coefficient (Wildman–Crippen LogP) is 3.49. The van der Waals surface area contributed by atoms with Crippen molar-refractivity contribution in [1.29, 1.82) is 0 Å². The number of rotatable bonds is 4. The Morgan fingerprint density at radius 2 is 1.78 bits per heavy atom. The van der Waals surface area contributed by atoms with Gasteiger partial charge in [-0.15, -0.1) is 0 Å². The SMILES string of the molecule is CC1(C)CCCC(NCC2(CO)CCCCC2)C1. The van der Waals surface area contributed by atoms with Crippen molar-refractivity contribution in [2.75, 3.05) is 13.2 Å². The summed E-state index contributed by atoms with van der Waals surface area (Å²) in [6, 6.07) is 0.680. The average Bonchev–Trinajstić information content (AvgIpc) is 2.36. The Hall–Kier alpha value is -0.0800. The zero-order chi connectivity index (χ0) is 13.1. The fourth-order valence-electron chi connectivity index (χ4n) is 3.93. The Morgan fingerprint density at radius 3 is 2.39 bits per heavy atom. The van der Waals surface area contributed by atoms with E-state index in [1.165, 1.54) is 57.8 Å². The van der Waals surface area contributed by atoms with Crippen molar-refractivity contribution in [3.8, 4) is 0 Å². The third-order valence-electron chi connectivity index (χ3n) is 5.22. The van der Waals surface area contributed by atoms with E-state index in [0.717, 1.165) is 6.54 Å². The molecule has 0 aliphatic heterocycles. The molecule has 0 spiro atoms. The lowest BCUT2D eigenvalue weighted by atomic mass is 9.73. The fraction of sp³-hybridized carbons (Fsp3) is 1.00. The minimum Gasteiger partial charge on any atom is -0.396 e. The first-order chi connectivity index (χ1) is 8.55. The van der Waals surface area contributed by atoms with Crippen LogP contribution < -0.4 is 5.32 Å². The summed E-state index contributed by atoms with van der Waals surface area (Å²) in [5.41, 5.74) is 0.703. The van der Waals surface area contributed by atoms with Gasteiger partial charge in [0.05, 0.1) is 0 Å². The summed E-state index contributed by atoms with van der Waals surface area (Å²) in [5, 5.41) is 13.5. The van der Waals surface area contributed by atoms with E-state index in [-0.39, 0.29) is 5.41 Å². The van der Waals surface area contributed by atoms with E-state index in [1.807, 2.05) is 0 Å². The first-order valence-electron chi connectivity index (χ1n) is 7.90. The summed E-state index contributed by atoms with van der Waals surface area (Å²) in [6.45, 7) is 6.19. The second-order valence-electron chi connectivity index (χ2n) is 7.56. The Morgan fingerprint density at radius 1 is 1.06 bits per heavy atom. The molecule has 2 nitrogen and oxygen atoms in total. The van der Waals surface area contributed by atoms with E-state index in [9.17, 15) is 5.11 Å². The first kappa shape index (κ1) is 14.3. The van der Waals surface area contributed by atoms with E-state index in [1.54, 1.807) is 0 Å². The minimum absolute atomic E-state index is 0.194. The predicted molar refractivity (Wildman–Crippen MR) is 76.6 cm³/mol. The molecule has 0 aromatic carbocycles. The number of aliphatic hydroxyl groups is 1. The third kappa shape index (κ3) is 3.71. The van der Waals surface area contributed by atoms with Crippen LogP contribution in [0.3, 0.4) is 0 Å². The van der Waals surface area contributed by atoms with Gasteiger partial charge in [0, 0.05) is 24.6 Å². The van der Waals surface area contributed by atoms with Crippen molar-refractivity contribution in [3.63, 3.8) is 0 Å². The van der Waals surface area contributed by atoms with Crippen LogP contribution in [0.15, 0.2) is 0 Å². The molecule has 2 aliphatic rings. The molecule has 0 amide bonds. The maximum Gasteiger partial charge on any atom is 0.0499 e. The van der Waals surface area contributed by atoms with E-state index in [4.69, 9.17) is 0 Å². The molecule has 2 heteroatoms. The number of aliphatic hydroxyl groups excluding tert-OH is 1. The molecule has 2 rings (SSSR count). The Labute approximate surface area is 113 Å². The molecule has 2 fully saturated rings. The Bertz CT molecular complexity index is 256. The summed E-state index contributed by atoms with van der Waals surface area (Å²) in [5.74, 6) is 0. The molecule has 0 aromatic heterocycles. The largest absolute Gasteiger partial charge is 0.396 e. The average molecular weight is 253 g/mol. The Kier molecular flexibility index (Phi) is 4.71. The standard InChI is InChI=1S/C16H31NO/c1-15(2)8-6-7-14(11-15)17-12-16(13-18)9-4-3-5-10-16/h14,17-18H,3-13H2,1-2H3. The van der Waals surface area contributed by atoms with Gasteiger partial charge in [-0.1, -0.05) is 39.5 Å². The normalized spacial score (nSPS) is 31.2. The highest BCUT2D eigenvalue weighted by Crippen LogP contribution is 2.38. The van der Waals surface area contributed by atoms with Crippen LogP contribution in [0, 0.1) is 10.8 Å². The lowest BCUT2D eigenvalue weighted by Crippen LogP contribution is -2.45. The summed E-state index contributed by atoms with van der Waals surface area (Å²) in [7, 11) is 0. The van der Waals surface area contributed by atoms with Crippen LogP contribution in [-0.2, 0) is 0 Å². The smallest absolute Gasteiger partial charge is 0.0499 e. The van der Waals surface area contributed by atoms with E-state index in [2.05, 4.69) is 19.2 Å². The van der Waals surface area contributed by atoms with Gasteiger partial charge in [-0.2, -0.15) is 0 Å². The lowest BCUT2D eigenvalue weighted by molar-refractivity contribution is 0.0723. The van der Waals surface area contributed by atoms with Gasteiger partial charge in [0.2, 0.25) is 0 Å². The topological polar surface area (TPSA) is 32.3 Å². The van der Waals surface area contributed by atoms with Gasteiger partial charge in [-0.3, -0.25) is 0 Å². The summed E-state index contributed by atoms with van der Waals surface area (Å²) >= 11 is 0. The van der Waals surface area contributed by atoms with Gasteiger partial charge in [0.1, 0.15) is 0 Å². The van der Waals surface area contributed by atoms with Gasteiger partial charge < -0.3 is 10.4 Å². The van der Waals surface area contributed by atoms with Gasteiger partial charge in [-0.25, -0.2) is 0 Å². The quantitative estimate of drug-likeness (QED) is 0.804. The molecular formula is C16H31NO. The second kappa shape index (κ2) is 5.92. The van der Waals surface area contributed by atoms with Crippen LogP contribution in [0.1, 0.15) is 71.6 Å². The van der Waals surface area contributed by atoms with E-state index >= 15 is 0 Å². The van der Waals surface area contributed by atoms with Crippen LogP contribution >= 0.6 is 0 Å². The van der Waals surface area contributed by atoms with Gasteiger partial charge in [0.15, 0.2) is 0 Å². The summed E-state index contributed by atoms with van der Waals surface area (Å²) < 4.78 is 0. The van der Waals surface area contributed by atoms with Crippen molar-refractivity contribution in [1.82, 2.24) is 5.32 Å². The highest BCUT2D eigenvalue weighted by Gasteiger charge is 2.33. The molecule has 0 aromatic rings. The maximum absolute atomic E-state index is 9.73. The van der Waals surface area contributed by atoms with Crippen molar-refractivity contribution < 1.29 is 5.11 Å². The van der Waals surface area contributed by atoms with Gasteiger partial charge >= 0.3 is 0 Å². The monoisotopic (exact) mass is 253 g/mol. The molecular weight excluding hydrogens is 222 g/mol. The molecule has 2 saturated carbocycles. The molecule has 1 atom stereocenters. The zero-order valence-electron chi connectivity index (χ0n) is 12.3. The zero-order valence-corrected chi connectivity index (χ0v) is 12.3. The molecule has 0 heterocycles. The molecule has 106 valence electrons. The van der Waals surface area contributed by atoms with Crippen molar-refractivity contribution in [2.45, 2.75) is 77.7 Å². The summed E-state index contributed by atoms with van der Waals surface area (Å²) in [6.07, 6.45) is 11.8. The number of nitrogens with one attached hydrogen (secondary N) is 1. The second-order valence-corrected chi connectivity index (χ2v) is 7.56. The van der Waals surface area contributed by atoms with Crippen LogP contribution in [0.5, 0.6) is 0 Å². The van der Waals surface area contributed by atoms with E-state index in [0.29, 0.717) is 18.1 Å². The van der Waals surface area contributed by atoms with Crippen molar-refractivity contribution in [2.24, 2.45) is 10.8 Å². The maximum atomic E-state index is 9.73. The molecule has 2 N–H and O–H groups in total. The first-order valence-corrected chi connectivity index (χ1v) is 7.90. The van der Waals surface area contributed by atoms with Crippen molar-refractivity contribution in [3.05, 3.63) is 0 Å². The summed E-state index contributed by atoms with van der Waals surface area (Å²) in [4.78, 5) is 0. The molecule has 0 bridgehead atoms. The molecule has 2 aliphatic carbocycles. The number of hydrogen-bond acceptors (Lipinski definition) is 2. The highest BCUT2D eigenvalue weighted by atomic mass is 16.3. The fourth-order valence-corrected chi connectivity index (χ4v) is 3.93. The van der Waals surface area contributed by atoms with Gasteiger partial charge in [0.25, 0.3) is 0 Å². The van der Waals surface area contributed by atoms with Crippen molar-refractivity contribution >= 4 is 0 Å². The van der Waals surface area contributed by atoms with Crippen LogP contribution in [0.25, 0.3) is 0 Å².